The van der Waals surface area contributed by atoms with Crippen LogP contribution in [0.25, 0.3) is 264 Å². The summed E-state index contributed by atoms with van der Waals surface area (Å²) in [5.41, 5.74) is 33.0. The topological polar surface area (TPSA) is 13.1 Å². The maximum atomic E-state index is 6.41. The third-order valence-electron chi connectivity index (χ3n) is 28.1. The lowest BCUT2D eigenvalue weighted by Crippen LogP contribution is -2.15. The van der Waals surface area contributed by atoms with Gasteiger partial charge in [-0.2, -0.15) is 0 Å². The van der Waals surface area contributed by atoms with Crippen molar-refractivity contribution in [3.8, 4) is 134 Å². The number of allylic oxidation sites excluding steroid dienone is 1. The number of hydrogen-bond acceptors (Lipinski definition) is 1. The molecule has 1 aliphatic rings. The quantitative estimate of drug-likeness (QED) is 0.0828. The van der Waals surface area contributed by atoms with Crippen molar-refractivity contribution in [2.45, 2.75) is 26.2 Å². The van der Waals surface area contributed by atoms with E-state index in [1.807, 2.05) is 6.08 Å². The van der Waals surface area contributed by atoms with Crippen molar-refractivity contribution >= 4 is 131 Å². The van der Waals surface area contributed by atoms with E-state index >= 15 is 0 Å². The molecule has 25 rings (SSSR count). The van der Waals surface area contributed by atoms with Gasteiger partial charge in [-0.05, 0) is 326 Å². The highest BCUT2D eigenvalue weighted by Crippen LogP contribution is 2.55. The van der Waals surface area contributed by atoms with Crippen molar-refractivity contribution in [2.24, 2.45) is 0 Å². The van der Waals surface area contributed by atoms with Crippen molar-refractivity contribution in [1.29, 1.82) is 0 Å². The Morgan fingerprint density at radius 2 is 0.597 bits per heavy atom. The van der Waals surface area contributed by atoms with Gasteiger partial charge in [0, 0.05) is 16.4 Å². The first-order chi connectivity index (χ1) is 63.6. The van der Waals surface area contributed by atoms with Crippen LogP contribution in [0.1, 0.15) is 43.2 Å². The normalized spacial score (nSPS) is 12.5. The predicted molar refractivity (Wildman–Crippen MR) is 553 cm³/mol. The molecule has 1 aromatic heterocycles. The molecule has 0 unspecified atom stereocenters. The predicted octanol–water partition coefficient (Wildman–Crippen LogP) is 36.3. The minimum Gasteiger partial charge on any atom is -0.456 e. The van der Waals surface area contributed by atoms with Crippen LogP contribution in [-0.2, 0) is 5.41 Å². The molecule has 0 aliphatic heterocycles. The van der Waals surface area contributed by atoms with E-state index in [2.05, 4.69) is 464 Å². The summed E-state index contributed by atoms with van der Waals surface area (Å²) in [6.45, 7) is 11.0. The fourth-order valence-electron chi connectivity index (χ4n) is 22.1. The van der Waals surface area contributed by atoms with Crippen LogP contribution in [0, 0.1) is 0 Å². The fourth-order valence-corrected chi connectivity index (χ4v) is 22.1. The Bertz CT molecular complexity index is 8900. The Hall–Kier alpha value is -16.3. The van der Waals surface area contributed by atoms with E-state index in [4.69, 9.17) is 4.42 Å². The number of benzene rings is 23. The molecule has 23 aromatic carbocycles. The molecule has 1 heteroatoms. The van der Waals surface area contributed by atoms with E-state index in [0.717, 1.165) is 44.5 Å². The Labute approximate surface area is 749 Å². The molecule has 0 saturated heterocycles. The number of furan rings is 1. The molecule has 1 heterocycles. The van der Waals surface area contributed by atoms with Crippen molar-refractivity contribution in [2.75, 3.05) is 0 Å². The second-order valence-corrected chi connectivity index (χ2v) is 35.5. The second-order valence-electron chi connectivity index (χ2n) is 35.5. The van der Waals surface area contributed by atoms with Crippen LogP contribution < -0.4 is 0 Å². The molecule has 1 aliphatic carbocycles. The average Bonchev–Trinajstić information content (AvgIpc) is 1.21. The summed E-state index contributed by atoms with van der Waals surface area (Å²) in [5.74, 6) is 0.768. The Kier molecular flexibility index (Phi) is 17.5. The van der Waals surface area contributed by atoms with E-state index in [9.17, 15) is 0 Å². The number of rotatable bonds is 13. The zero-order chi connectivity index (χ0) is 85.7. The molecule has 0 N–H and O–H groups in total. The molecule has 602 valence electrons. The molecule has 1 nitrogen and oxygen atoms in total. The van der Waals surface area contributed by atoms with Gasteiger partial charge in [-0.3, -0.25) is 0 Å². The zero-order valence-corrected chi connectivity index (χ0v) is 71.8. The smallest absolute Gasteiger partial charge is 0.135 e. The van der Waals surface area contributed by atoms with Crippen molar-refractivity contribution in [3.63, 3.8) is 0 Å². The summed E-state index contributed by atoms with van der Waals surface area (Å²) in [7, 11) is 0. The highest BCUT2D eigenvalue weighted by molar-refractivity contribution is 6.26. The molecule has 129 heavy (non-hydrogen) atoms. The third-order valence-corrected chi connectivity index (χ3v) is 28.1. The maximum Gasteiger partial charge on any atom is 0.135 e. The molecule has 0 spiro atoms. The first kappa shape index (κ1) is 75.2. The molecule has 24 aromatic rings. The molecule has 0 atom stereocenters. The van der Waals surface area contributed by atoms with Crippen molar-refractivity contribution < 1.29 is 4.42 Å². The van der Waals surface area contributed by atoms with Crippen LogP contribution in [-0.4, -0.2) is 0 Å². The average molecular weight is 1640 g/mol. The molecule has 0 bridgehead atoms. The van der Waals surface area contributed by atoms with Crippen LogP contribution in [0.3, 0.4) is 0 Å². The molecular weight excluding hydrogens is 1550 g/mol. The van der Waals surface area contributed by atoms with Gasteiger partial charge in [-0.25, -0.2) is 0 Å². The molecule has 0 radical (unpaired) electrons. The van der Waals surface area contributed by atoms with E-state index < -0.39 is 0 Å². The summed E-state index contributed by atoms with van der Waals surface area (Å²) in [4.78, 5) is 0. The van der Waals surface area contributed by atoms with Crippen LogP contribution in [0.15, 0.2) is 442 Å². The molecule has 0 amide bonds. The minimum absolute atomic E-state index is 0.295. The van der Waals surface area contributed by atoms with Gasteiger partial charge in [0.15, 0.2) is 0 Å². The lowest BCUT2D eigenvalue weighted by molar-refractivity contribution is 0.603. The summed E-state index contributed by atoms with van der Waals surface area (Å²) >= 11 is 0. The lowest BCUT2D eigenvalue weighted by Gasteiger charge is -2.23. The highest BCUT2D eigenvalue weighted by atomic mass is 16.3. The van der Waals surface area contributed by atoms with Gasteiger partial charge in [0.2, 0.25) is 0 Å². The molecular formula is C128H84O. The summed E-state index contributed by atoms with van der Waals surface area (Å²) in [6.07, 6.45) is 6.02. The van der Waals surface area contributed by atoms with Crippen molar-refractivity contribution in [1.82, 2.24) is 0 Å². The Morgan fingerprint density at radius 1 is 0.217 bits per heavy atom. The third kappa shape index (κ3) is 12.1. The van der Waals surface area contributed by atoms with Gasteiger partial charge in [0.05, 0.1) is 0 Å². The number of hydrogen-bond donors (Lipinski definition) is 0. The first-order valence-electron chi connectivity index (χ1n) is 45.0. The lowest BCUT2D eigenvalue weighted by atomic mass is 9.80. The highest BCUT2D eigenvalue weighted by Gasteiger charge is 2.37. The zero-order valence-electron chi connectivity index (χ0n) is 71.8. The first-order valence-corrected chi connectivity index (χ1v) is 45.0. The van der Waals surface area contributed by atoms with E-state index in [1.165, 1.54) is 230 Å². The van der Waals surface area contributed by atoms with E-state index in [1.54, 1.807) is 0 Å². The largest absolute Gasteiger partial charge is 0.456 e. The minimum atomic E-state index is -0.295. The van der Waals surface area contributed by atoms with Crippen LogP contribution in [0.4, 0.5) is 0 Å². The summed E-state index contributed by atoms with van der Waals surface area (Å²) < 4.78 is 6.41. The van der Waals surface area contributed by atoms with Gasteiger partial charge < -0.3 is 4.42 Å². The van der Waals surface area contributed by atoms with Gasteiger partial charge in [0.1, 0.15) is 11.3 Å². The summed E-state index contributed by atoms with van der Waals surface area (Å²) in [6, 6.07) is 160. The molecule has 0 saturated carbocycles. The Balaban J connectivity index is 0.615. The summed E-state index contributed by atoms with van der Waals surface area (Å²) in [5, 5.41) is 25.5. The Morgan fingerprint density at radius 3 is 1.17 bits per heavy atom. The van der Waals surface area contributed by atoms with Crippen molar-refractivity contribution in [3.05, 3.63) is 460 Å². The van der Waals surface area contributed by atoms with Crippen LogP contribution in [0.5, 0.6) is 0 Å². The van der Waals surface area contributed by atoms with Crippen LogP contribution in [0.2, 0.25) is 0 Å². The van der Waals surface area contributed by atoms with E-state index in [-0.39, 0.29) is 5.41 Å². The fraction of sp³-hybridized carbons (Fsp3) is 0.0312. The SMILES string of the molecule is C=Cc1oc2ccc(-c3ccc4c(-c5cccc(-c6cc7ccccc7c7ccccc67)c5)c5ccccc5c(-c5cccc(-c6cc7ccccc7c7c(-c8ccc9c(c8)-c8ccc(-c%10ccc%11c(-c%12ccc(-c%13cccc%14ccccc%13%14)cc%12)c%12ccccc%12c(-c%12ccc(-c%13cccc%14ccccc%13%14)cc%12)c%11c%10)cc8C9(C)C)cccc67)c5)c4c3)cc2c1/C=C\C. The maximum absolute atomic E-state index is 6.41. The van der Waals surface area contributed by atoms with Gasteiger partial charge in [-0.15, -0.1) is 0 Å². The van der Waals surface area contributed by atoms with Crippen LogP contribution >= 0.6 is 0 Å². The molecule has 0 fully saturated rings. The van der Waals surface area contributed by atoms with E-state index in [0.29, 0.717) is 0 Å². The van der Waals surface area contributed by atoms with Gasteiger partial charge >= 0.3 is 0 Å². The second kappa shape index (κ2) is 30.0. The monoisotopic (exact) mass is 1640 g/mol. The standard InChI is InChI=1S/C128H84O/c1-5-26-105-116-71-86(63-68-122(116)129-121(105)6-2)84-60-66-112-118(72-84)126(109-46-20-19-45-108(109)125(112)93-35-21-33-88(69-93)113-74-90-29-9-13-39-99(90)102-41-15-16-42-103(102)113)94-36-22-34-89(70-94)114-75-91-30-10-14-40-100(91)127-101(49-25-50-110(114)127)92-62-67-119-115(76-92)104-64-59-87(77-120(104)128(119,3)4)85-61-65-111-117(73-85)124(83-57-53-81(54-58-83)98-48-24-32-79-28-8-12-38-96(79)98)107-44-18-17-43-106(107)123(111)82-55-51-80(52-56-82)97-47-23-31-78-27-7-11-37-95(78)97/h5-77H,2H2,1,3-4H3/b26-5-. The number of fused-ring (bicyclic) bond motifs is 16. The van der Waals surface area contributed by atoms with Gasteiger partial charge in [0.25, 0.3) is 0 Å². The van der Waals surface area contributed by atoms with Gasteiger partial charge in [-0.1, -0.05) is 397 Å².